The van der Waals surface area contributed by atoms with Crippen molar-refractivity contribution >= 4 is 5.97 Å². The molecule has 0 aliphatic carbocycles. The molecule has 6 heteroatoms. The van der Waals surface area contributed by atoms with Crippen LogP contribution in [0.3, 0.4) is 0 Å². The molecule has 22 heavy (non-hydrogen) atoms. The van der Waals surface area contributed by atoms with Crippen LogP contribution in [-0.2, 0) is 4.79 Å². The van der Waals surface area contributed by atoms with E-state index in [-0.39, 0.29) is 18.6 Å². The second kappa shape index (κ2) is 6.44. The van der Waals surface area contributed by atoms with Gasteiger partial charge in [0.25, 0.3) is 0 Å². The fourth-order valence-corrected chi connectivity index (χ4v) is 3.02. The summed E-state index contributed by atoms with van der Waals surface area (Å²) in [4.78, 5) is 13.3. The van der Waals surface area contributed by atoms with Crippen molar-refractivity contribution in [2.75, 3.05) is 33.0 Å². The zero-order chi connectivity index (χ0) is 15.5. The summed E-state index contributed by atoms with van der Waals surface area (Å²) in [5.74, 6) is 1.52. The van der Waals surface area contributed by atoms with Crippen LogP contribution in [0.15, 0.2) is 18.2 Å². The quantitative estimate of drug-likeness (QED) is 0.809. The van der Waals surface area contributed by atoms with Crippen LogP contribution in [0.1, 0.15) is 13.3 Å². The number of carboxylic acids is 1. The molecule has 2 heterocycles. The zero-order valence-corrected chi connectivity index (χ0v) is 12.7. The predicted octanol–water partition coefficient (Wildman–Crippen LogP) is 1.84. The molecule has 3 rings (SSSR count). The molecule has 0 amide bonds. The molecule has 0 bridgehead atoms. The van der Waals surface area contributed by atoms with Crippen molar-refractivity contribution in [1.29, 1.82) is 0 Å². The number of carboxylic acid groups (broad SMARTS) is 1. The van der Waals surface area contributed by atoms with Gasteiger partial charge < -0.3 is 24.2 Å². The van der Waals surface area contributed by atoms with E-state index < -0.39 is 5.97 Å². The summed E-state index contributed by atoms with van der Waals surface area (Å²) in [7, 11) is 0. The number of aliphatic carboxylic acids is 1. The summed E-state index contributed by atoms with van der Waals surface area (Å²) < 4.78 is 16.3. The lowest BCUT2D eigenvalue weighted by atomic mass is 9.99. The van der Waals surface area contributed by atoms with Crippen LogP contribution in [0.5, 0.6) is 17.2 Å². The highest BCUT2D eigenvalue weighted by molar-refractivity contribution is 5.71. The summed E-state index contributed by atoms with van der Waals surface area (Å²) in [5.41, 5.74) is 0. The topological polar surface area (TPSA) is 68.2 Å². The minimum absolute atomic E-state index is 0.215. The van der Waals surface area contributed by atoms with E-state index in [0.717, 1.165) is 36.8 Å². The van der Waals surface area contributed by atoms with Gasteiger partial charge >= 0.3 is 5.97 Å². The van der Waals surface area contributed by atoms with Gasteiger partial charge in [-0.2, -0.15) is 0 Å². The average molecular weight is 307 g/mol. The fraction of sp³-hybridized carbons (Fsp3) is 0.562. The predicted molar refractivity (Wildman–Crippen MR) is 79.4 cm³/mol. The van der Waals surface area contributed by atoms with Crippen molar-refractivity contribution in [2.45, 2.75) is 13.3 Å². The van der Waals surface area contributed by atoms with E-state index >= 15 is 0 Å². The van der Waals surface area contributed by atoms with Gasteiger partial charge in [-0.05, 0) is 24.5 Å². The Morgan fingerprint density at radius 2 is 2.18 bits per heavy atom. The summed E-state index contributed by atoms with van der Waals surface area (Å²) >= 11 is 0. The molecular weight excluding hydrogens is 286 g/mol. The smallest absolute Gasteiger partial charge is 0.308 e. The molecular formula is C16H21NO5. The third-order valence-corrected chi connectivity index (χ3v) is 4.24. The molecule has 6 nitrogen and oxygen atoms in total. The van der Waals surface area contributed by atoms with Crippen molar-refractivity contribution in [3.05, 3.63) is 18.2 Å². The second-order valence-corrected chi connectivity index (χ2v) is 5.90. The van der Waals surface area contributed by atoms with Crippen LogP contribution < -0.4 is 14.2 Å². The normalized spacial score (nSPS) is 23.7. The SMILES string of the molecule is C[C@@H]1CN(CCCOc2ccc3c(c2)OCO3)C[C@H]1C(=O)O. The number of ether oxygens (including phenoxy) is 3. The number of hydrogen-bond acceptors (Lipinski definition) is 5. The van der Waals surface area contributed by atoms with Gasteiger partial charge in [0.1, 0.15) is 5.75 Å². The number of benzene rings is 1. The maximum Gasteiger partial charge on any atom is 0.308 e. The molecule has 2 atom stereocenters. The Hall–Kier alpha value is -1.95. The summed E-state index contributed by atoms with van der Waals surface area (Å²) in [5, 5.41) is 9.13. The van der Waals surface area contributed by atoms with Gasteiger partial charge in [0.2, 0.25) is 6.79 Å². The molecule has 0 saturated carbocycles. The molecule has 0 aromatic heterocycles. The number of carbonyl (C=O) groups is 1. The Labute approximate surface area is 129 Å². The van der Waals surface area contributed by atoms with Crippen molar-refractivity contribution in [3.8, 4) is 17.2 Å². The Balaban J connectivity index is 1.40. The average Bonchev–Trinajstić information content (AvgIpc) is 3.09. The molecule has 1 aromatic carbocycles. The highest BCUT2D eigenvalue weighted by atomic mass is 16.7. The monoisotopic (exact) mass is 307 g/mol. The standard InChI is InChI=1S/C16H21NO5/c1-11-8-17(9-13(11)16(18)19)5-2-6-20-12-3-4-14-15(7-12)22-10-21-14/h3-4,7,11,13H,2,5-6,8-10H2,1H3,(H,18,19)/t11-,13-/m1/s1. The first-order valence-electron chi connectivity index (χ1n) is 7.61. The highest BCUT2D eigenvalue weighted by Gasteiger charge is 2.34. The lowest BCUT2D eigenvalue weighted by Gasteiger charge is -2.15. The molecule has 0 radical (unpaired) electrons. The first kappa shape index (κ1) is 15.0. The maximum atomic E-state index is 11.1. The fourth-order valence-electron chi connectivity index (χ4n) is 3.02. The zero-order valence-electron chi connectivity index (χ0n) is 12.7. The second-order valence-electron chi connectivity index (χ2n) is 5.90. The third-order valence-electron chi connectivity index (χ3n) is 4.24. The van der Waals surface area contributed by atoms with Crippen molar-refractivity contribution in [2.24, 2.45) is 11.8 Å². The number of likely N-dealkylation sites (tertiary alicyclic amines) is 1. The van der Waals surface area contributed by atoms with Crippen LogP contribution in [0, 0.1) is 11.8 Å². The molecule has 120 valence electrons. The van der Waals surface area contributed by atoms with Gasteiger partial charge in [0, 0.05) is 25.7 Å². The van der Waals surface area contributed by atoms with E-state index in [9.17, 15) is 4.79 Å². The van der Waals surface area contributed by atoms with Gasteiger partial charge in [-0.1, -0.05) is 6.92 Å². The molecule has 1 saturated heterocycles. The van der Waals surface area contributed by atoms with Gasteiger partial charge in [0.15, 0.2) is 11.5 Å². The van der Waals surface area contributed by atoms with Gasteiger partial charge in [-0.25, -0.2) is 0 Å². The lowest BCUT2D eigenvalue weighted by molar-refractivity contribution is -0.142. The van der Waals surface area contributed by atoms with E-state index in [2.05, 4.69) is 4.90 Å². The third kappa shape index (κ3) is 3.27. The molecule has 1 aromatic rings. The summed E-state index contributed by atoms with van der Waals surface area (Å²) in [6.07, 6.45) is 0.869. The molecule has 0 unspecified atom stereocenters. The molecule has 0 spiro atoms. The number of rotatable bonds is 6. The number of nitrogens with zero attached hydrogens (tertiary/aromatic N) is 1. The minimum atomic E-state index is -0.688. The summed E-state index contributed by atoms with van der Waals surface area (Å²) in [6.45, 7) is 5.21. The van der Waals surface area contributed by atoms with Crippen LogP contribution >= 0.6 is 0 Å². The van der Waals surface area contributed by atoms with Crippen molar-refractivity contribution < 1.29 is 24.1 Å². The van der Waals surface area contributed by atoms with Crippen LogP contribution in [-0.4, -0.2) is 49.0 Å². The van der Waals surface area contributed by atoms with E-state index in [1.807, 2.05) is 25.1 Å². The number of hydrogen-bond donors (Lipinski definition) is 1. The Morgan fingerprint density at radius 3 is 2.95 bits per heavy atom. The Bertz CT molecular complexity index is 547. The van der Waals surface area contributed by atoms with E-state index in [1.165, 1.54) is 0 Å². The van der Waals surface area contributed by atoms with Crippen LogP contribution in [0.4, 0.5) is 0 Å². The largest absolute Gasteiger partial charge is 0.493 e. The van der Waals surface area contributed by atoms with E-state index in [0.29, 0.717) is 13.2 Å². The van der Waals surface area contributed by atoms with Gasteiger partial charge in [0.05, 0.1) is 12.5 Å². The van der Waals surface area contributed by atoms with Gasteiger partial charge in [-0.15, -0.1) is 0 Å². The first-order valence-corrected chi connectivity index (χ1v) is 7.61. The van der Waals surface area contributed by atoms with Crippen LogP contribution in [0.2, 0.25) is 0 Å². The van der Waals surface area contributed by atoms with E-state index in [4.69, 9.17) is 19.3 Å². The summed E-state index contributed by atoms with van der Waals surface area (Å²) in [6, 6.07) is 5.55. The Morgan fingerprint density at radius 1 is 1.36 bits per heavy atom. The molecule has 2 aliphatic heterocycles. The molecule has 1 N–H and O–H groups in total. The van der Waals surface area contributed by atoms with Crippen molar-refractivity contribution in [3.63, 3.8) is 0 Å². The van der Waals surface area contributed by atoms with Crippen LogP contribution in [0.25, 0.3) is 0 Å². The minimum Gasteiger partial charge on any atom is -0.493 e. The first-order chi connectivity index (χ1) is 10.6. The maximum absolute atomic E-state index is 11.1. The van der Waals surface area contributed by atoms with Crippen molar-refractivity contribution in [1.82, 2.24) is 4.90 Å². The number of fused-ring (bicyclic) bond motifs is 1. The molecule has 1 fully saturated rings. The highest BCUT2D eigenvalue weighted by Crippen LogP contribution is 2.35. The molecule has 2 aliphatic rings. The lowest BCUT2D eigenvalue weighted by Crippen LogP contribution is -2.25. The van der Waals surface area contributed by atoms with Gasteiger partial charge in [-0.3, -0.25) is 4.79 Å². The Kier molecular flexibility index (Phi) is 4.38. The van der Waals surface area contributed by atoms with E-state index in [1.54, 1.807) is 0 Å².